The van der Waals surface area contributed by atoms with Gasteiger partial charge >= 0.3 is 66.7 Å². The molecule has 0 aliphatic rings. The average Bonchev–Trinajstić information content (AvgIpc) is 1.98. The molecule has 0 fully saturated rings. The summed E-state index contributed by atoms with van der Waals surface area (Å²) in [6, 6.07) is 0. The van der Waals surface area contributed by atoms with Crippen LogP contribution in [0.3, 0.4) is 0 Å². The summed E-state index contributed by atoms with van der Waals surface area (Å²) in [7, 11) is 1.00. The third-order valence-corrected chi connectivity index (χ3v) is 4.63. The van der Waals surface area contributed by atoms with Gasteiger partial charge in [-0.1, -0.05) is 0 Å². The van der Waals surface area contributed by atoms with Gasteiger partial charge in [-0.3, -0.25) is 0 Å². The van der Waals surface area contributed by atoms with Gasteiger partial charge in [0.2, 0.25) is 0 Å². The summed E-state index contributed by atoms with van der Waals surface area (Å²) >= 11 is 1.60. The van der Waals surface area contributed by atoms with Crippen LogP contribution in [0.5, 0.6) is 0 Å². The molecule has 1 aromatic rings. The molecule has 0 aliphatic carbocycles. The summed E-state index contributed by atoms with van der Waals surface area (Å²) < 4.78 is 1.65. The smallest absolute Gasteiger partial charge is 1.00 e. The zero-order valence-corrected chi connectivity index (χ0v) is 11.9. The predicted molar refractivity (Wildman–Crippen MR) is 35.1 cm³/mol. The summed E-state index contributed by atoms with van der Waals surface area (Å²) in [5, 5.41) is 0. The van der Waals surface area contributed by atoms with Crippen LogP contribution in [-0.4, -0.2) is 0 Å². The molecule has 0 nitrogen and oxygen atoms in total. The van der Waals surface area contributed by atoms with E-state index in [0.29, 0.717) is 0 Å². The Morgan fingerprint density at radius 3 is 1.73 bits per heavy atom. The number of hydrogen-bond acceptors (Lipinski definition) is 0. The molecule has 0 radical (unpaired) electrons. The number of hydrogen-bond donors (Lipinski definition) is 0. The van der Waals surface area contributed by atoms with Gasteiger partial charge < -0.3 is 37.2 Å². The van der Waals surface area contributed by atoms with Crippen LogP contribution in [0.4, 0.5) is 0 Å². The van der Waals surface area contributed by atoms with Gasteiger partial charge in [-0.25, -0.2) is 0 Å². The van der Waals surface area contributed by atoms with Crippen molar-refractivity contribution in [3.63, 3.8) is 0 Å². The summed E-state index contributed by atoms with van der Waals surface area (Å²) in [5.41, 5.74) is 3.04. The van der Waals surface area contributed by atoms with Gasteiger partial charge in [0, 0.05) is 0 Å². The molecular weight excluding hydrogens is 301 g/mol. The van der Waals surface area contributed by atoms with Gasteiger partial charge in [-0.2, -0.15) is 0 Å². The first kappa shape index (κ1) is 18.3. The molecule has 1 unspecified atom stereocenters. The van der Waals surface area contributed by atoms with Gasteiger partial charge in [0.25, 0.3) is 0 Å². The topological polar surface area (TPSA) is 0 Å². The van der Waals surface area contributed by atoms with Crippen LogP contribution in [0.15, 0.2) is 5.80 Å². The summed E-state index contributed by atoms with van der Waals surface area (Å²) in [6.07, 6.45) is 0. The van der Waals surface area contributed by atoms with Crippen LogP contribution in [0.1, 0.15) is 11.1 Å². The molecule has 0 spiro atoms. The summed E-state index contributed by atoms with van der Waals surface area (Å²) in [6.45, 7) is 4.41. The molecule has 0 amide bonds. The third-order valence-electron chi connectivity index (χ3n) is 1.40. The molecule has 0 aliphatic heterocycles. The first-order valence-corrected chi connectivity index (χ1v) is 4.88. The van der Waals surface area contributed by atoms with Gasteiger partial charge in [-0.05, 0) is 0 Å². The Labute approximate surface area is 103 Å². The second kappa shape index (κ2) is 8.15. The Morgan fingerprint density at radius 1 is 1.18 bits per heavy atom. The van der Waals surface area contributed by atoms with Gasteiger partial charge in [0.05, 0.1) is 0 Å². The molecule has 0 bridgehead atoms. The minimum atomic E-state index is 0. The monoisotopic (exact) mass is 306 g/mol. The summed E-state index contributed by atoms with van der Waals surface area (Å²) in [5.74, 6) is 2.33. The molecule has 1 heterocycles. The number of rotatable bonds is 0. The fourth-order valence-electron chi connectivity index (χ4n) is 0.594. The van der Waals surface area contributed by atoms with Crippen LogP contribution in [0, 0.1) is 13.8 Å². The number of aryl methyl sites for hydroxylation is 1. The fraction of sp³-hybridized carbons (Fsp3) is 0.333. The molecule has 1 atom stereocenters. The first-order chi connectivity index (χ1) is 3.72. The van der Waals surface area contributed by atoms with Gasteiger partial charge in [-0.15, -0.1) is 0 Å². The molecule has 0 saturated heterocycles. The molecule has 1 rings (SSSR count). The SMILES string of the molecule is Cc1c[pH][c]([Zr+3])c1C.[Cl-].[Cl-].[Cl-]. The average molecular weight is 309 g/mol. The molecule has 0 saturated carbocycles. The fourth-order valence-corrected chi connectivity index (χ4v) is 2.60. The van der Waals surface area contributed by atoms with Crippen LogP contribution in [-0.2, 0) is 24.7 Å². The molecule has 62 valence electrons. The van der Waals surface area contributed by atoms with E-state index in [1.54, 1.807) is 33.3 Å². The van der Waals surface area contributed by atoms with Crippen molar-refractivity contribution in [2.45, 2.75) is 13.8 Å². The van der Waals surface area contributed by atoms with Crippen LogP contribution in [0.2, 0.25) is 0 Å². The standard InChI is InChI=1S/C6H8P.3ClH.Zr/c1-5-3-7-4-6(5)2;;;;/h3,7H,1-2H3;3*1H;/q;;;;+3/p-3. The Hall–Kier alpha value is 1.53. The Bertz CT molecular complexity index is 180. The zero-order valence-electron chi connectivity index (χ0n) is 6.21. The van der Waals surface area contributed by atoms with Crippen LogP contribution < -0.4 is 40.2 Å². The van der Waals surface area contributed by atoms with Crippen molar-refractivity contribution >= 4 is 11.2 Å². The number of halogens is 3. The summed E-state index contributed by atoms with van der Waals surface area (Å²) in [4.78, 5) is 0. The van der Waals surface area contributed by atoms with E-state index in [1.807, 2.05) is 0 Å². The van der Waals surface area contributed by atoms with Crippen molar-refractivity contribution in [3.05, 3.63) is 16.9 Å². The first-order valence-electron chi connectivity index (χ1n) is 2.58. The van der Waals surface area contributed by atoms with E-state index in [1.165, 1.54) is 5.56 Å². The normalized spacial score (nSPS) is 8.00. The van der Waals surface area contributed by atoms with E-state index < -0.39 is 0 Å². The molecule has 0 N–H and O–H groups in total. The van der Waals surface area contributed by atoms with E-state index in [0.717, 1.165) is 8.19 Å². The van der Waals surface area contributed by atoms with E-state index in [-0.39, 0.29) is 37.2 Å². The molecule has 1 aromatic heterocycles. The van der Waals surface area contributed by atoms with Crippen molar-refractivity contribution in [2.75, 3.05) is 0 Å². The Kier molecular flexibility index (Phi) is 13.6. The Morgan fingerprint density at radius 2 is 1.64 bits per heavy atom. The molecule has 11 heavy (non-hydrogen) atoms. The van der Waals surface area contributed by atoms with Crippen molar-refractivity contribution in [2.24, 2.45) is 0 Å². The minimum Gasteiger partial charge on any atom is -1.00 e. The van der Waals surface area contributed by atoms with Crippen LogP contribution >= 0.6 is 8.19 Å². The largest absolute Gasteiger partial charge is 1.00 e. The maximum absolute atomic E-state index is 2.33. The molecular formula is C6H8Cl3PZr. The van der Waals surface area contributed by atoms with E-state index >= 15 is 0 Å². The van der Waals surface area contributed by atoms with E-state index in [2.05, 4.69) is 19.6 Å². The molecule has 5 heteroatoms. The molecule has 0 aromatic carbocycles. The van der Waals surface area contributed by atoms with Crippen molar-refractivity contribution in [1.29, 1.82) is 0 Å². The maximum atomic E-state index is 2.33. The quantitative estimate of drug-likeness (QED) is 0.447. The van der Waals surface area contributed by atoms with Crippen molar-refractivity contribution in [1.82, 2.24) is 0 Å². The predicted octanol–water partition coefficient (Wildman–Crippen LogP) is -7.48. The van der Waals surface area contributed by atoms with Crippen molar-refractivity contribution in [3.8, 4) is 0 Å². The van der Waals surface area contributed by atoms with Gasteiger partial charge in [0.15, 0.2) is 0 Å². The van der Waals surface area contributed by atoms with Gasteiger partial charge in [0.1, 0.15) is 0 Å². The Balaban J connectivity index is -0.000000213. The second-order valence-electron chi connectivity index (χ2n) is 1.97. The third kappa shape index (κ3) is 4.96. The second-order valence-corrected chi connectivity index (χ2v) is 5.51. The van der Waals surface area contributed by atoms with Crippen molar-refractivity contribution < 1.29 is 61.9 Å². The van der Waals surface area contributed by atoms with E-state index in [9.17, 15) is 0 Å². The minimum absolute atomic E-state index is 0. The maximum Gasteiger partial charge on any atom is -1.00 e. The zero-order chi connectivity index (χ0) is 6.15. The van der Waals surface area contributed by atoms with E-state index in [4.69, 9.17) is 0 Å². The van der Waals surface area contributed by atoms with Crippen LogP contribution in [0.25, 0.3) is 0 Å².